The minimum Gasteiger partial charge on any atom is -0.489 e. The average Bonchev–Trinajstić information content (AvgIpc) is 3.25. The molecule has 1 aromatic carbocycles. The molecule has 1 aliphatic heterocycles. The molecule has 0 aliphatic carbocycles. The number of oxazole rings is 1. The van der Waals surface area contributed by atoms with Crippen LogP contribution in [0.5, 0.6) is 5.75 Å². The van der Waals surface area contributed by atoms with Gasteiger partial charge < -0.3 is 29.2 Å². The maximum Gasteiger partial charge on any atom is 0.407 e. The number of nitrogens with zero attached hydrogens (tertiary/aromatic N) is 2. The highest BCUT2D eigenvalue weighted by Crippen LogP contribution is 2.27. The highest BCUT2D eigenvalue weighted by Gasteiger charge is 2.24. The summed E-state index contributed by atoms with van der Waals surface area (Å²) in [7, 11) is 0. The van der Waals surface area contributed by atoms with Crippen molar-refractivity contribution in [3.05, 3.63) is 30.1 Å². The molecule has 1 amide bonds. The standard InChI is InChI=1S/C20H26FN3O5/c1-20(2,3)29-19(26)22-10-13(9-21)12-27-15-4-5-16-17(8-15)28-18(23-16)24-7-6-14(25)11-24/h4-5,8-9,14,25H,6-7,10-12H2,1-3H3,(H,22,26)/b13-9+. The second-order valence-electron chi connectivity index (χ2n) is 7.93. The quantitative estimate of drug-likeness (QED) is 0.759. The monoisotopic (exact) mass is 407 g/mol. The first-order chi connectivity index (χ1) is 13.7. The van der Waals surface area contributed by atoms with E-state index < -0.39 is 11.7 Å². The molecule has 2 heterocycles. The van der Waals surface area contributed by atoms with Gasteiger partial charge in [-0.2, -0.15) is 4.98 Å². The number of hydrogen-bond donors (Lipinski definition) is 2. The molecule has 1 fully saturated rings. The second kappa shape index (κ2) is 8.69. The number of carbonyl (C=O) groups excluding carboxylic acids is 1. The van der Waals surface area contributed by atoms with Crippen LogP contribution in [-0.2, 0) is 4.74 Å². The van der Waals surface area contributed by atoms with Crippen molar-refractivity contribution >= 4 is 23.2 Å². The first-order valence-corrected chi connectivity index (χ1v) is 9.45. The molecule has 158 valence electrons. The van der Waals surface area contributed by atoms with Crippen molar-refractivity contribution < 1.29 is 28.2 Å². The van der Waals surface area contributed by atoms with Crippen molar-refractivity contribution in [2.75, 3.05) is 31.1 Å². The summed E-state index contributed by atoms with van der Waals surface area (Å²) in [6.45, 7) is 6.35. The van der Waals surface area contributed by atoms with Gasteiger partial charge in [0, 0.05) is 31.3 Å². The van der Waals surface area contributed by atoms with E-state index in [0.29, 0.717) is 48.7 Å². The van der Waals surface area contributed by atoms with E-state index in [2.05, 4.69) is 10.3 Å². The van der Waals surface area contributed by atoms with Gasteiger partial charge in [-0.1, -0.05) is 0 Å². The van der Waals surface area contributed by atoms with Gasteiger partial charge in [-0.15, -0.1) is 0 Å². The number of aliphatic hydroxyl groups is 1. The van der Waals surface area contributed by atoms with Gasteiger partial charge in [0.25, 0.3) is 6.01 Å². The van der Waals surface area contributed by atoms with Gasteiger partial charge in [-0.3, -0.25) is 0 Å². The first kappa shape index (κ1) is 20.9. The molecule has 1 aliphatic rings. The summed E-state index contributed by atoms with van der Waals surface area (Å²) in [4.78, 5) is 18.0. The van der Waals surface area contributed by atoms with Crippen molar-refractivity contribution in [2.24, 2.45) is 0 Å². The Morgan fingerprint density at radius 1 is 1.48 bits per heavy atom. The lowest BCUT2D eigenvalue weighted by molar-refractivity contribution is 0.0531. The normalized spacial score (nSPS) is 17.6. The molecule has 1 unspecified atom stereocenters. The predicted molar refractivity (Wildman–Crippen MR) is 106 cm³/mol. The number of alkyl carbamates (subject to hydrolysis) is 1. The molecular formula is C20H26FN3O5. The third kappa shape index (κ3) is 5.83. The minimum atomic E-state index is -0.626. The third-order valence-electron chi connectivity index (χ3n) is 4.22. The molecule has 0 spiro atoms. The molecule has 0 saturated carbocycles. The van der Waals surface area contributed by atoms with Crippen molar-refractivity contribution in [3.8, 4) is 5.75 Å². The Labute approximate surface area is 168 Å². The number of aliphatic hydroxyl groups excluding tert-OH is 1. The number of nitrogens with one attached hydrogen (secondary N) is 1. The lowest BCUT2D eigenvalue weighted by Gasteiger charge is -2.20. The number of benzene rings is 1. The van der Waals surface area contributed by atoms with E-state index >= 15 is 0 Å². The van der Waals surface area contributed by atoms with E-state index in [1.807, 2.05) is 4.90 Å². The Hall–Kier alpha value is -2.81. The lowest BCUT2D eigenvalue weighted by Crippen LogP contribution is -2.34. The average molecular weight is 407 g/mol. The summed E-state index contributed by atoms with van der Waals surface area (Å²) >= 11 is 0. The first-order valence-electron chi connectivity index (χ1n) is 9.45. The summed E-state index contributed by atoms with van der Waals surface area (Å²) in [6.07, 6.45) is 0.0905. The van der Waals surface area contributed by atoms with Crippen LogP contribution < -0.4 is 15.0 Å². The summed E-state index contributed by atoms with van der Waals surface area (Å²) in [6, 6.07) is 5.60. The van der Waals surface area contributed by atoms with Crippen LogP contribution in [0.1, 0.15) is 27.2 Å². The van der Waals surface area contributed by atoms with Gasteiger partial charge in [-0.25, -0.2) is 9.18 Å². The summed E-state index contributed by atoms with van der Waals surface area (Å²) in [5, 5.41) is 12.1. The van der Waals surface area contributed by atoms with Crippen LogP contribution in [0, 0.1) is 0 Å². The van der Waals surface area contributed by atoms with Crippen LogP contribution >= 0.6 is 0 Å². The number of ether oxygens (including phenoxy) is 2. The van der Waals surface area contributed by atoms with Crippen molar-refractivity contribution in [3.63, 3.8) is 0 Å². The van der Waals surface area contributed by atoms with Crippen LogP contribution in [0.25, 0.3) is 11.1 Å². The molecule has 0 bridgehead atoms. The van der Waals surface area contributed by atoms with E-state index in [4.69, 9.17) is 13.9 Å². The third-order valence-corrected chi connectivity index (χ3v) is 4.22. The van der Waals surface area contributed by atoms with Crippen molar-refractivity contribution in [1.29, 1.82) is 0 Å². The number of hydrogen-bond acceptors (Lipinski definition) is 7. The topological polar surface area (TPSA) is 97.1 Å². The van der Waals surface area contributed by atoms with Gasteiger partial charge in [0.1, 0.15) is 23.5 Å². The molecule has 2 N–H and O–H groups in total. The zero-order chi connectivity index (χ0) is 21.0. The van der Waals surface area contributed by atoms with Crippen molar-refractivity contribution in [2.45, 2.75) is 38.9 Å². The fraction of sp³-hybridized carbons (Fsp3) is 0.500. The number of fused-ring (bicyclic) bond motifs is 1. The van der Waals surface area contributed by atoms with Gasteiger partial charge in [0.05, 0.1) is 12.4 Å². The fourth-order valence-corrected chi connectivity index (χ4v) is 2.83. The lowest BCUT2D eigenvalue weighted by atomic mass is 10.2. The molecule has 1 aromatic heterocycles. The van der Waals surface area contributed by atoms with E-state index in [-0.39, 0.29) is 24.8 Å². The number of halogens is 1. The highest BCUT2D eigenvalue weighted by atomic mass is 19.1. The van der Waals surface area contributed by atoms with Crippen LogP contribution in [0.2, 0.25) is 0 Å². The fourth-order valence-electron chi connectivity index (χ4n) is 2.83. The van der Waals surface area contributed by atoms with Crippen LogP contribution in [0.15, 0.2) is 34.5 Å². The van der Waals surface area contributed by atoms with Gasteiger partial charge in [-0.05, 0) is 39.3 Å². The van der Waals surface area contributed by atoms with E-state index in [9.17, 15) is 14.3 Å². The van der Waals surface area contributed by atoms with Crippen LogP contribution in [0.4, 0.5) is 15.2 Å². The molecular weight excluding hydrogens is 381 g/mol. The number of anilines is 1. The zero-order valence-corrected chi connectivity index (χ0v) is 16.8. The van der Waals surface area contributed by atoms with Crippen LogP contribution in [0.3, 0.4) is 0 Å². The van der Waals surface area contributed by atoms with Gasteiger partial charge >= 0.3 is 6.09 Å². The maximum atomic E-state index is 13.1. The Kier molecular flexibility index (Phi) is 6.26. The smallest absolute Gasteiger partial charge is 0.407 e. The van der Waals surface area contributed by atoms with E-state index in [1.165, 1.54) is 0 Å². The van der Waals surface area contributed by atoms with Gasteiger partial charge in [0.15, 0.2) is 5.58 Å². The molecule has 29 heavy (non-hydrogen) atoms. The number of rotatable bonds is 6. The summed E-state index contributed by atoms with van der Waals surface area (Å²) in [5.74, 6) is 0.485. The number of β-amino-alcohol motifs (C(OH)–C–C–N with tert-alkyl or cyclic N) is 1. The Morgan fingerprint density at radius 2 is 2.28 bits per heavy atom. The maximum absolute atomic E-state index is 13.1. The molecule has 0 radical (unpaired) electrons. The minimum absolute atomic E-state index is 0.0304. The van der Waals surface area contributed by atoms with E-state index in [0.717, 1.165) is 0 Å². The largest absolute Gasteiger partial charge is 0.489 e. The molecule has 1 atom stereocenters. The number of carbonyl (C=O) groups is 1. The Bertz CT molecular complexity index is 890. The van der Waals surface area contributed by atoms with Crippen LogP contribution in [-0.4, -0.2) is 54.1 Å². The molecule has 2 aromatic rings. The summed E-state index contributed by atoms with van der Waals surface area (Å²) in [5.41, 5.74) is 0.831. The molecule has 1 saturated heterocycles. The van der Waals surface area contributed by atoms with E-state index in [1.54, 1.807) is 39.0 Å². The Balaban J connectivity index is 1.56. The SMILES string of the molecule is CC(C)(C)OC(=O)NC/C(=C\F)COc1ccc2nc(N3CCC(O)C3)oc2c1. The van der Waals surface area contributed by atoms with Gasteiger partial charge in [0.2, 0.25) is 0 Å². The van der Waals surface area contributed by atoms with Crippen molar-refractivity contribution in [1.82, 2.24) is 10.3 Å². The molecule has 8 nitrogen and oxygen atoms in total. The second-order valence-corrected chi connectivity index (χ2v) is 7.93. The highest BCUT2D eigenvalue weighted by molar-refractivity contribution is 5.76. The predicted octanol–water partition coefficient (Wildman–Crippen LogP) is 3.16. The molecule has 3 rings (SSSR count). The zero-order valence-electron chi connectivity index (χ0n) is 16.8. The number of aromatic nitrogens is 1. The molecule has 9 heteroatoms. The number of amides is 1. The summed E-state index contributed by atoms with van der Waals surface area (Å²) < 4.78 is 29.6. The Morgan fingerprint density at radius 3 is 2.93 bits per heavy atom.